The summed E-state index contributed by atoms with van der Waals surface area (Å²) in [4.78, 5) is 16.0. The monoisotopic (exact) mass is 807 g/mol. The first-order chi connectivity index (χ1) is 30.9. The van der Waals surface area contributed by atoms with Gasteiger partial charge in [-0.3, -0.25) is 0 Å². The summed E-state index contributed by atoms with van der Waals surface area (Å²) in [6, 6.07) is 66.7. The average molecular weight is 808 g/mol. The molecule has 3 nitrogen and oxygen atoms in total. The minimum absolute atomic E-state index is 0.199. The fourth-order valence-corrected chi connectivity index (χ4v) is 11.0. The zero-order valence-corrected chi connectivity index (χ0v) is 35.7. The van der Waals surface area contributed by atoms with Gasteiger partial charge in [-0.2, -0.15) is 0 Å². The summed E-state index contributed by atoms with van der Waals surface area (Å²) in [6.45, 7) is 7.05. The number of aromatic nitrogens is 3. The zero-order valence-electron chi connectivity index (χ0n) is 35.7. The summed E-state index contributed by atoms with van der Waals surface area (Å²) in [5.41, 5.74) is 17.3. The molecule has 8 aromatic carbocycles. The minimum Gasteiger partial charge on any atom is -0.208 e. The van der Waals surface area contributed by atoms with Crippen molar-refractivity contribution in [2.24, 2.45) is 5.92 Å². The van der Waals surface area contributed by atoms with Crippen molar-refractivity contribution in [2.45, 2.75) is 38.0 Å². The van der Waals surface area contributed by atoms with Gasteiger partial charge in [-0.25, -0.2) is 15.0 Å². The molecule has 12 rings (SSSR count). The molecule has 3 aliphatic carbocycles. The highest BCUT2D eigenvalue weighted by molar-refractivity contribution is 5.98. The van der Waals surface area contributed by atoms with Gasteiger partial charge in [-0.05, 0) is 102 Å². The van der Waals surface area contributed by atoms with Crippen LogP contribution in [0.5, 0.6) is 0 Å². The largest absolute Gasteiger partial charge is 0.208 e. The van der Waals surface area contributed by atoms with E-state index in [0.29, 0.717) is 23.4 Å². The zero-order chi connectivity index (χ0) is 42.3. The molecule has 0 radical (unpaired) electrons. The average Bonchev–Trinajstić information content (AvgIpc) is 3.64. The van der Waals surface area contributed by atoms with Crippen molar-refractivity contribution in [3.63, 3.8) is 0 Å². The number of benzene rings is 8. The lowest BCUT2D eigenvalue weighted by molar-refractivity contribution is 0.563. The normalized spacial score (nSPS) is 16.2. The van der Waals surface area contributed by atoms with Crippen molar-refractivity contribution in [3.8, 4) is 56.4 Å². The lowest BCUT2D eigenvalue weighted by Crippen LogP contribution is -2.40. The summed E-state index contributed by atoms with van der Waals surface area (Å²) in [6.07, 6.45) is 7.71. The maximum absolute atomic E-state index is 5.42. The molecule has 1 heterocycles. The summed E-state index contributed by atoms with van der Waals surface area (Å²) >= 11 is 0. The highest BCUT2D eigenvalue weighted by Crippen LogP contribution is 2.63. The van der Waals surface area contributed by atoms with Crippen molar-refractivity contribution in [2.75, 3.05) is 0 Å². The van der Waals surface area contributed by atoms with Crippen LogP contribution >= 0.6 is 0 Å². The third-order valence-corrected chi connectivity index (χ3v) is 14.1. The van der Waals surface area contributed by atoms with Crippen molar-refractivity contribution >= 4 is 16.3 Å². The van der Waals surface area contributed by atoms with Gasteiger partial charge in [0.25, 0.3) is 0 Å². The molecule has 0 unspecified atom stereocenters. The number of rotatable bonds is 5. The van der Waals surface area contributed by atoms with Crippen LogP contribution in [0.4, 0.5) is 0 Å². The van der Waals surface area contributed by atoms with E-state index in [0.717, 1.165) is 28.7 Å². The summed E-state index contributed by atoms with van der Waals surface area (Å²) in [5, 5.41) is 2.46. The van der Waals surface area contributed by atoms with E-state index in [9.17, 15) is 0 Å². The van der Waals surface area contributed by atoms with Gasteiger partial charge in [0.15, 0.2) is 17.5 Å². The van der Waals surface area contributed by atoms with Gasteiger partial charge >= 0.3 is 0 Å². The van der Waals surface area contributed by atoms with E-state index < -0.39 is 5.41 Å². The van der Waals surface area contributed by atoms with E-state index in [1.165, 1.54) is 72.0 Å². The minimum atomic E-state index is -0.570. The molecule has 0 fully saturated rings. The lowest BCUT2D eigenvalue weighted by atomic mass is 9.55. The molecule has 3 heteroatoms. The van der Waals surface area contributed by atoms with Crippen molar-refractivity contribution < 1.29 is 0 Å². The second kappa shape index (κ2) is 14.3. The second-order valence-corrected chi connectivity index (χ2v) is 18.0. The molecule has 9 aromatic rings. The van der Waals surface area contributed by atoms with Gasteiger partial charge in [-0.15, -0.1) is 0 Å². The third-order valence-electron chi connectivity index (χ3n) is 14.1. The first-order valence-corrected chi connectivity index (χ1v) is 22.2. The number of hydrogen-bond acceptors (Lipinski definition) is 3. The predicted molar refractivity (Wildman–Crippen MR) is 259 cm³/mol. The molecule has 300 valence electrons. The van der Waals surface area contributed by atoms with Crippen LogP contribution in [0.15, 0.2) is 200 Å². The highest BCUT2D eigenvalue weighted by atomic mass is 15.0. The maximum atomic E-state index is 5.42. The van der Waals surface area contributed by atoms with Crippen LogP contribution in [-0.2, 0) is 10.8 Å². The van der Waals surface area contributed by atoms with Crippen LogP contribution in [0.3, 0.4) is 0 Å². The quantitative estimate of drug-likeness (QED) is 0.174. The first-order valence-electron chi connectivity index (χ1n) is 22.2. The number of fused-ring (bicyclic) bond motifs is 10. The van der Waals surface area contributed by atoms with Crippen LogP contribution in [0.1, 0.15) is 66.1 Å². The van der Waals surface area contributed by atoms with Crippen molar-refractivity contribution in [3.05, 3.63) is 239 Å². The maximum Gasteiger partial charge on any atom is 0.164 e. The molecule has 1 aromatic heterocycles. The Morgan fingerprint density at radius 2 is 0.984 bits per heavy atom. The molecule has 0 saturated carbocycles. The number of allylic oxidation sites excluding steroid dienone is 4. The van der Waals surface area contributed by atoms with Gasteiger partial charge in [-0.1, -0.05) is 209 Å². The Kier molecular flexibility index (Phi) is 8.46. The number of hydrogen-bond donors (Lipinski definition) is 0. The van der Waals surface area contributed by atoms with E-state index in [-0.39, 0.29) is 5.41 Å². The fourth-order valence-electron chi connectivity index (χ4n) is 11.0. The Morgan fingerprint density at radius 3 is 1.70 bits per heavy atom. The van der Waals surface area contributed by atoms with Crippen LogP contribution in [0, 0.1) is 5.92 Å². The molecule has 63 heavy (non-hydrogen) atoms. The van der Waals surface area contributed by atoms with Crippen LogP contribution in [0.2, 0.25) is 0 Å². The topological polar surface area (TPSA) is 38.7 Å². The molecule has 3 aliphatic rings. The molecule has 0 saturated heterocycles. The van der Waals surface area contributed by atoms with Gasteiger partial charge in [0.1, 0.15) is 0 Å². The van der Waals surface area contributed by atoms with Crippen LogP contribution in [-0.4, -0.2) is 15.0 Å². The molecule has 0 aliphatic heterocycles. The van der Waals surface area contributed by atoms with Gasteiger partial charge in [0.05, 0.1) is 5.41 Å². The van der Waals surface area contributed by atoms with Crippen LogP contribution < -0.4 is 0 Å². The Hall–Kier alpha value is -7.49. The summed E-state index contributed by atoms with van der Waals surface area (Å²) < 4.78 is 0. The first kappa shape index (κ1) is 37.3. The standard InChI is InChI=1S/C60H45N3/c1-38-16-7-10-21-46(38)40-29-31-42(32-30-40)57-61-56(41-18-5-4-6-19-41)62-58(63-57)47-22-15-27-54-55(47)48-37-45(44-33-28-39-17-8-9-20-43(39)36-44)34-35-49(48)60(54)52-25-13-11-23-50(52)59(2,3)51-24-12-14-26-53(51)60/h4-15,17-38H,16H2,1-3H3/t38-/m0/s1. The Morgan fingerprint density at radius 1 is 0.429 bits per heavy atom. The Balaban J connectivity index is 1.13. The fraction of sp³-hybridized carbons (Fsp3) is 0.117. The van der Waals surface area contributed by atoms with E-state index in [1.807, 2.05) is 6.07 Å². The van der Waals surface area contributed by atoms with Gasteiger partial charge < -0.3 is 0 Å². The van der Waals surface area contributed by atoms with Crippen LogP contribution in [0.25, 0.3) is 72.8 Å². The van der Waals surface area contributed by atoms with E-state index in [2.05, 4.69) is 215 Å². The number of nitrogens with zero attached hydrogens (tertiary/aromatic N) is 3. The van der Waals surface area contributed by atoms with E-state index in [1.54, 1.807) is 0 Å². The Labute approximate surface area is 369 Å². The molecule has 0 N–H and O–H groups in total. The molecular weight excluding hydrogens is 763 g/mol. The predicted octanol–water partition coefficient (Wildman–Crippen LogP) is 14.7. The van der Waals surface area contributed by atoms with E-state index >= 15 is 0 Å². The molecular formula is C60H45N3. The second-order valence-electron chi connectivity index (χ2n) is 18.0. The van der Waals surface area contributed by atoms with Gasteiger partial charge in [0.2, 0.25) is 0 Å². The SMILES string of the molecule is C[C@H]1CC=CC=C1c1ccc(-c2nc(-c3ccccc3)nc(-c3cccc4c3-c3cc(-c5ccc6ccccc6c5)ccc3C43c4ccccc4C(C)(C)c4ccccc43)n2)cc1. The van der Waals surface area contributed by atoms with Crippen molar-refractivity contribution in [1.82, 2.24) is 15.0 Å². The van der Waals surface area contributed by atoms with Gasteiger partial charge in [0, 0.05) is 22.1 Å². The summed E-state index contributed by atoms with van der Waals surface area (Å²) in [5.74, 6) is 2.43. The Bertz CT molecular complexity index is 3300. The van der Waals surface area contributed by atoms with Crippen molar-refractivity contribution in [1.29, 1.82) is 0 Å². The molecule has 1 atom stereocenters. The molecule has 1 spiro atoms. The molecule has 0 amide bonds. The molecule has 0 bridgehead atoms. The summed E-state index contributed by atoms with van der Waals surface area (Å²) in [7, 11) is 0. The lowest BCUT2D eigenvalue weighted by Gasteiger charge is -2.46. The van der Waals surface area contributed by atoms with E-state index in [4.69, 9.17) is 15.0 Å². The third kappa shape index (κ3) is 5.69. The smallest absolute Gasteiger partial charge is 0.164 e. The highest BCUT2D eigenvalue weighted by Gasteiger charge is 2.54.